The Kier molecular flexibility index (Phi) is 3.08. The van der Waals surface area contributed by atoms with E-state index in [-0.39, 0.29) is 5.75 Å². The van der Waals surface area contributed by atoms with E-state index in [1.54, 1.807) is 6.07 Å². The lowest BCUT2D eigenvalue weighted by molar-refractivity contribution is 0.167. The maximum atomic E-state index is 9.82. The lowest BCUT2D eigenvalue weighted by Gasteiger charge is -2.12. The number of rotatable bonds is 3. The monoisotopic (exact) mass is 217 g/mol. The number of aromatic hydroxyl groups is 1. The molecule has 2 rings (SSSR count). The Hall–Kier alpha value is -1.58. The van der Waals surface area contributed by atoms with Crippen LogP contribution >= 0.6 is 0 Å². The SMILES string of the molecule is NCCC(O)c1cc2ccccc2cc1O. The van der Waals surface area contributed by atoms with Crippen molar-refractivity contribution in [3.8, 4) is 5.75 Å². The third-order valence-corrected chi connectivity index (χ3v) is 2.69. The number of aliphatic hydroxyl groups excluding tert-OH is 1. The van der Waals surface area contributed by atoms with Crippen LogP contribution in [-0.4, -0.2) is 16.8 Å². The number of hydrogen-bond acceptors (Lipinski definition) is 3. The van der Waals surface area contributed by atoms with Crippen LogP contribution in [0.25, 0.3) is 10.8 Å². The van der Waals surface area contributed by atoms with Crippen LogP contribution in [0.4, 0.5) is 0 Å². The summed E-state index contributed by atoms with van der Waals surface area (Å²) in [5.74, 6) is 0.125. The molecule has 0 aliphatic rings. The van der Waals surface area contributed by atoms with Crippen LogP contribution in [0.15, 0.2) is 36.4 Å². The van der Waals surface area contributed by atoms with Crippen LogP contribution in [0.2, 0.25) is 0 Å². The fourth-order valence-corrected chi connectivity index (χ4v) is 1.83. The Balaban J connectivity index is 2.49. The van der Waals surface area contributed by atoms with Crippen molar-refractivity contribution in [3.63, 3.8) is 0 Å². The highest BCUT2D eigenvalue weighted by Crippen LogP contribution is 2.30. The molecule has 0 aromatic heterocycles. The van der Waals surface area contributed by atoms with Crippen molar-refractivity contribution in [2.45, 2.75) is 12.5 Å². The summed E-state index contributed by atoms with van der Waals surface area (Å²) in [7, 11) is 0. The second-order valence-corrected chi connectivity index (χ2v) is 3.85. The van der Waals surface area contributed by atoms with Gasteiger partial charge in [0, 0.05) is 5.56 Å². The van der Waals surface area contributed by atoms with E-state index in [9.17, 15) is 10.2 Å². The highest BCUT2D eigenvalue weighted by molar-refractivity contribution is 5.85. The average molecular weight is 217 g/mol. The van der Waals surface area contributed by atoms with Gasteiger partial charge in [0.2, 0.25) is 0 Å². The van der Waals surface area contributed by atoms with Gasteiger partial charge in [-0.2, -0.15) is 0 Å². The van der Waals surface area contributed by atoms with Crippen LogP contribution in [0, 0.1) is 0 Å². The predicted molar refractivity (Wildman–Crippen MR) is 64.2 cm³/mol. The van der Waals surface area contributed by atoms with Crippen molar-refractivity contribution in [2.75, 3.05) is 6.54 Å². The molecule has 2 aromatic carbocycles. The molecule has 0 heterocycles. The molecule has 3 nitrogen and oxygen atoms in total. The van der Waals surface area contributed by atoms with E-state index in [4.69, 9.17) is 5.73 Å². The first-order valence-corrected chi connectivity index (χ1v) is 5.32. The van der Waals surface area contributed by atoms with E-state index < -0.39 is 6.10 Å². The van der Waals surface area contributed by atoms with Crippen LogP contribution < -0.4 is 5.73 Å². The average Bonchev–Trinajstić information content (AvgIpc) is 2.28. The molecular formula is C13H15NO2. The first kappa shape index (κ1) is 10.9. The van der Waals surface area contributed by atoms with Gasteiger partial charge in [0.25, 0.3) is 0 Å². The van der Waals surface area contributed by atoms with Gasteiger partial charge < -0.3 is 15.9 Å². The smallest absolute Gasteiger partial charge is 0.122 e. The van der Waals surface area contributed by atoms with E-state index in [0.717, 1.165) is 10.8 Å². The molecule has 16 heavy (non-hydrogen) atoms. The fraction of sp³-hybridized carbons (Fsp3) is 0.231. The van der Waals surface area contributed by atoms with Crippen LogP contribution in [0.5, 0.6) is 5.75 Å². The summed E-state index contributed by atoms with van der Waals surface area (Å²) in [6, 6.07) is 11.2. The summed E-state index contributed by atoms with van der Waals surface area (Å²) in [6.45, 7) is 0.396. The Morgan fingerprint density at radius 1 is 1.12 bits per heavy atom. The molecule has 1 atom stereocenters. The number of aliphatic hydroxyl groups is 1. The molecule has 2 aromatic rings. The summed E-state index contributed by atoms with van der Waals surface area (Å²) in [5, 5.41) is 21.6. The molecule has 1 unspecified atom stereocenters. The summed E-state index contributed by atoms with van der Waals surface area (Å²) < 4.78 is 0. The molecule has 0 bridgehead atoms. The minimum Gasteiger partial charge on any atom is -0.508 e. The van der Waals surface area contributed by atoms with E-state index in [1.165, 1.54) is 0 Å². The number of hydrogen-bond donors (Lipinski definition) is 3. The molecule has 0 fully saturated rings. The minimum atomic E-state index is -0.699. The second kappa shape index (κ2) is 4.51. The molecule has 4 N–H and O–H groups in total. The maximum absolute atomic E-state index is 9.82. The number of phenols is 1. The standard InChI is InChI=1S/C13H15NO2/c14-6-5-12(15)11-7-9-3-1-2-4-10(9)8-13(11)16/h1-4,7-8,12,15-16H,5-6,14H2. The molecule has 0 aliphatic carbocycles. The minimum absolute atomic E-state index is 0.125. The normalized spacial score (nSPS) is 12.9. The van der Waals surface area contributed by atoms with Crippen LogP contribution in [0.1, 0.15) is 18.1 Å². The van der Waals surface area contributed by atoms with E-state index in [2.05, 4.69) is 0 Å². The second-order valence-electron chi connectivity index (χ2n) is 3.85. The fourth-order valence-electron chi connectivity index (χ4n) is 1.83. The third-order valence-electron chi connectivity index (χ3n) is 2.69. The van der Waals surface area contributed by atoms with E-state index in [0.29, 0.717) is 18.5 Å². The molecule has 0 radical (unpaired) electrons. The molecule has 0 amide bonds. The van der Waals surface area contributed by atoms with Gasteiger partial charge in [0.15, 0.2) is 0 Å². The lowest BCUT2D eigenvalue weighted by atomic mass is 10.0. The van der Waals surface area contributed by atoms with Gasteiger partial charge in [-0.25, -0.2) is 0 Å². The third kappa shape index (κ3) is 2.01. The largest absolute Gasteiger partial charge is 0.508 e. The van der Waals surface area contributed by atoms with Crippen molar-refractivity contribution >= 4 is 10.8 Å². The molecule has 0 saturated carbocycles. The predicted octanol–water partition coefficient (Wildman–Crippen LogP) is 1.93. The zero-order chi connectivity index (χ0) is 11.5. The highest BCUT2D eigenvalue weighted by atomic mass is 16.3. The zero-order valence-electron chi connectivity index (χ0n) is 8.93. The molecule has 0 saturated heterocycles. The Labute approximate surface area is 94.1 Å². The first-order valence-electron chi connectivity index (χ1n) is 5.32. The Morgan fingerprint density at radius 2 is 1.75 bits per heavy atom. The number of phenolic OH excluding ortho intramolecular Hbond substituents is 1. The Morgan fingerprint density at radius 3 is 2.38 bits per heavy atom. The number of benzene rings is 2. The van der Waals surface area contributed by atoms with Crippen molar-refractivity contribution in [1.29, 1.82) is 0 Å². The molecular weight excluding hydrogens is 202 g/mol. The number of fused-ring (bicyclic) bond motifs is 1. The topological polar surface area (TPSA) is 66.5 Å². The first-order chi connectivity index (χ1) is 7.72. The van der Waals surface area contributed by atoms with Gasteiger partial charge in [-0.15, -0.1) is 0 Å². The lowest BCUT2D eigenvalue weighted by Crippen LogP contribution is -2.06. The summed E-state index contributed by atoms with van der Waals surface area (Å²) >= 11 is 0. The van der Waals surface area contributed by atoms with Gasteiger partial charge in [0.05, 0.1) is 6.10 Å². The summed E-state index contributed by atoms with van der Waals surface area (Å²) in [4.78, 5) is 0. The van der Waals surface area contributed by atoms with E-state index >= 15 is 0 Å². The zero-order valence-corrected chi connectivity index (χ0v) is 8.93. The molecule has 3 heteroatoms. The maximum Gasteiger partial charge on any atom is 0.122 e. The van der Waals surface area contributed by atoms with Gasteiger partial charge in [0.1, 0.15) is 5.75 Å². The Bertz CT molecular complexity index is 496. The van der Waals surface area contributed by atoms with Gasteiger partial charge in [-0.1, -0.05) is 24.3 Å². The van der Waals surface area contributed by atoms with Crippen LogP contribution in [0.3, 0.4) is 0 Å². The molecule has 0 spiro atoms. The van der Waals surface area contributed by atoms with Crippen molar-refractivity contribution < 1.29 is 10.2 Å². The van der Waals surface area contributed by atoms with E-state index in [1.807, 2.05) is 30.3 Å². The molecule has 0 aliphatic heterocycles. The molecule has 84 valence electrons. The number of nitrogens with two attached hydrogens (primary N) is 1. The van der Waals surface area contributed by atoms with Crippen LogP contribution in [-0.2, 0) is 0 Å². The van der Waals surface area contributed by atoms with Crippen molar-refractivity contribution in [2.24, 2.45) is 5.73 Å². The summed E-state index contributed by atoms with van der Waals surface area (Å²) in [5.41, 5.74) is 5.93. The quantitative estimate of drug-likeness (QED) is 0.736. The highest BCUT2D eigenvalue weighted by Gasteiger charge is 2.12. The van der Waals surface area contributed by atoms with Gasteiger partial charge >= 0.3 is 0 Å². The van der Waals surface area contributed by atoms with Crippen molar-refractivity contribution in [1.82, 2.24) is 0 Å². The summed E-state index contributed by atoms with van der Waals surface area (Å²) in [6.07, 6.45) is -0.249. The van der Waals surface area contributed by atoms with Gasteiger partial charge in [-0.05, 0) is 35.9 Å². The van der Waals surface area contributed by atoms with Gasteiger partial charge in [-0.3, -0.25) is 0 Å². The van der Waals surface area contributed by atoms with Crippen molar-refractivity contribution in [3.05, 3.63) is 42.0 Å².